The zero-order valence-corrected chi connectivity index (χ0v) is 11.5. The molecule has 0 atom stereocenters. The van der Waals surface area contributed by atoms with E-state index in [0.29, 0.717) is 6.04 Å². The molecule has 0 bridgehead atoms. The van der Waals surface area contributed by atoms with E-state index in [2.05, 4.69) is 44.6 Å². The molecular weight excluding hydrogens is 262 g/mol. The minimum atomic E-state index is 0.446. The van der Waals surface area contributed by atoms with Crippen LogP contribution >= 0.6 is 0 Å². The quantitative estimate of drug-likeness (QED) is 0.797. The summed E-state index contributed by atoms with van der Waals surface area (Å²) in [5.74, 6) is 0.771. The molecule has 1 aromatic carbocycles. The van der Waals surface area contributed by atoms with E-state index in [9.17, 15) is 0 Å². The molecule has 0 saturated heterocycles. The average Bonchev–Trinajstić information content (AvgIpc) is 3.17. The SMILES string of the molecule is c1ccc2c(c1)CC(Nc1ccc(-n3cncn3)nc1)C2. The Morgan fingerprint density at radius 1 is 1.05 bits per heavy atom. The molecule has 1 aliphatic rings. The van der Waals surface area contributed by atoms with Crippen molar-refractivity contribution < 1.29 is 0 Å². The lowest BCUT2D eigenvalue weighted by Crippen LogP contribution is -2.19. The molecule has 104 valence electrons. The second-order valence-corrected chi connectivity index (χ2v) is 5.26. The van der Waals surface area contributed by atoms with Crippen molar-refractivity contribution in [2.75, 3.05) is 5.32 Å². The summed E-state index contributed by atoms with van der Waals surface area (Å²) in [5, 5.41) is 7.62. The lowest BCUT2D eigenvalue weighted by atomic mass is 10.1. The fourth-order valence-electron chi connectivity index (χ4n) is 2.83. The molecule has 0 amide bonds. The minimum Gasteiger partial charge on any atom is -0.380 e. The molecule has 3 aromatic rings. The van der Waals surface area contributed by atoms with E-state index in [-0.39, 0.29) is 0 Å². The van der Waals surface area contributed by atoms with Gasteiger partial charge in [0.25, 0.3) is 0 Å². The molecule has 2 aromatic heterocycles. The maximum absolute atomic E-state index is 4.41. The van der Waals surface area contributed by atoms with Crippen molar-refractivity contribution in [1.29, 1.82) is 0 Å². The first-order chi connectivity index (χ1) is 10.4. The molecule has 0 fully saturated rings. The van der Waals surface area contributed by atoms with E-state index in [4.69, 9.17) is 0 Å². The predicted octanol–water partition coefficient (Wildman–Crippen LogP) is 2.24. The van der Waals surface area contributed by atoms with Gasteiger partial charge in [0.2, 0.25) is 0 Å². The second-order valence-electron chi connectivity index (χ2n) is 5.26. The van der Waals surface area contributed by atoms with Crippen LogP contribution in [0.2, 0.25) is 0 Å². The summed E-state index contributed by atoms with van der Waals surface area (Å²) >= 11 is 0. The minimum absolute atomic E-state index is 0.446. The first kappa shape index (κ1) is 12.1. The Kier molecular flexibility index (Phi) is 2.88. The summed E-state index contributed by atoms with van der Waals surface area (Å²) < 4.78 is 1.65. The zero-order valence-electron chi connectivity index (χ0n) is 11.5. The van der Waals surface area contributed by atoms with E-state index in [1.807, 2.05) is 18.3 Å². The van der Waals surface area contributed by atoms with Crippen LogP contribution in [0.4, 0.5) is 5.69 Å². The van der Waals surface area contributed by atoms with Crippen molar-refractivity contribution in [2.45, 2.75) is 18.9 Å². The Labute approximate surface area is 122 Å². The Morgan fingerprint density at radius 2 is 1.86 bits per heavy atom. The van der Waals surface area contributed by atoms with Crippen molar-refractivity contribution in [3.05, 3.63) is 66.4 Å². The van der Waals surface area contributed by atoms with Crippen LogP contribution in [0.15, 0.2) is 55.2 Å². The summed E-state index contributed by atoms with van der Waals surface area (Å²) in [5.41, 5.74) is 3.93. The van der Waals surface area contributed by atoms with Crippen LogP contribution in [0, 0.1) is 0 Å². The number of nitrogens with zero attached hydrogens (tertiary/aromatic N) is 4. The summed E-state index contributed by atoms with van der Waals surface area (Å²) in [7, 11) is 0. The van der Waals surface area contributed by atoms with E-state index in [1.54, 1.807) is 11.0 Å². The van der Waals surface area contributed by atoms with Crippen LogP contribution in [-0.4, -0.2) is 25.8 Å². The third-order valence-electron chi connectivity index (χ3n) is 3.82. The highest BCUT2D eigenvalue weighted by Gasteiger charge is 2.20. The number of rotatable bonds is 3. The average molecular weight is 277 g/mol. The van der Waals surface area contributed by atoms with Crippen LogP contribution < -0.4 is 5.32 Å². The molecule has 0 unspecified atom stereocenters. The van der Waals surface area contributed by atoms with Crippen LogP contribution in [0.3, 0.4) is 0 Å². The fraction of sp³-hybridized carbons (Fsp3) is 0.188. The number of pyridine rings is 1. The van der Waals surface area contributed by atoms with Gasteiger partial charge in [-0.25, -0.2) is 14.6 Å². The molecule has 0 spiro atoms. The van der Waals surface area contributed by atoms with Crippen molar-refractivity contribution in [2.24, 2.45) is 0 Å². The highest BCUT2D eigenvalue weighted by atomic mass is 15.3. The van der Waals surface area contributed by atoms with E-state index in [1.165, 1.54) is 17.5 Å². The highest BCUT2D eigenvalue weighted by Crippen LogP contribution is 2.24. The molecule has 5 nitrogen and oxygen atoms in total. The first-order valence-corrected chi connectivity index (χ1v) is 7.03. The highest BCUT2D eigenvalue weighted by molar-refractivity contribution is 5.46. The number of benzene rings is 1. The summed E-state index contributed by atoms with van der Waals surface area (Å²) in [6.07, 6.45) is 7.13. The van der Waals surface area contributed by atoms with Crippen LogP contribution in [0.1, 0.15) is 11.1 Å². The maximum Gasteiger partial charge on any atom is 0.155 e. The molecule has 2 heterocycles. The van der Waals surface area contributed by atoms with Gasteiger partial charge in [-0.05, 0) is 36.1 Å². The van der Waals surface area contributed by atoms with Gasteiger partial charge in [0.1, 0.15) is 12.7 Å². The number of aromatic nitrogens is 4. The van der Waals surface area contributed by atoms with Crippen molar-refractivity contribution >= 4 is 5.69 Å². The second kappa shape index (κ2) is 5.01. The smallest absolute Gasteiger partial charge is 0.155 e. The zero-order chi connectivity index (χ0) is 14.1. The molecule has 0 saturated carbocycles. The van der Waals surface area contributed by atoms with Gasteiger partial charge in [0.05, 0.1) is 11.9 Å². The fourth-order valence-corrected chi connectivity index (χ4v) is 2.83. The van der Waals surface area contributed by atoms with Gasteiger partial charge in [-0.3, -0.25) is 0 Å². The molecule has 4 rings (SSSR count). The standard InChI is InChI=1S/C16H15N5/c1-2-4-13-8-15(7-12(13)3-1)20-14-5-6-16(18-9-14)21-11-17-10-19-21/h1-6,9-11,15,20H,7-8H2. The third-order valence-corrected chi connectivity index (χ3v) is 3.82. The molecule has 5 heteroatoms. The van der Waals surface area contributed by atoms with Gasteiger partial charge in [0.15, 0.2) is 5.82 Å². The summed E-state index contributed by atoms with van der Waals surface area (Å²) in [4.78, 5) is 8.33. The van der Waals surface area contributed by atoms with E-state index < -0.39 is 0 Å². The first-order valence-electron chi connectivity index (χ1n) is 7.03. The number of nitrogens with one attached hydrogen (secondary N) is 1. The summed E-state index contributed by atoms with van der Waals surface area (Å²) in [6.45, 7) is 0. The van der Waals surface area contributed by atoms with Crippen molar-refractivity contribution in [1.82, 2.24) is 19.7 Å². The van der Waals surface area contributed by atoms with Gasteiger partial charge in [0, 0.05) is 6.04 Å². The van der Waals surface area contributed by atoms with Gasteiger partial charge < -0.3 is 5.32 Å². The maximum atomic E-state index is 4.41. The van der Waals surface area contributed by atoms with Crippen molar-refractivity contribution in [3.63, 3.8) is 0 Å². The third kappa shape index (κ3) is 2.38. The largest absolute Gasteiger partial charge is 0.380 e. The Morgan fingerprint density at radius 3 is 2.48 bits per heavy atom. The number of hydrogen-bond acceptors (Lipinski definition) is 4. The Hall–Kier alpha value is -2.69. The number of hydrogen-bond donors (Lipinski definition) is 1. The number of fused-ring (bicyclic) bond motifs is 1. The van der Waals surface area contributed by atoms with Gasteiger partial charge >= 0.3 is 0 Å². The van der Waals surface area contributed by atoms with Crippen LogP contribution in [-0.2, 0) is 12.8 Å². The van der Waals surface area contributed by atoms with Crippen LogP contribution in [0.5, 0.6) is 0 Å². The molecule has 0 radical (unpaired) electrons. The normalized spacial score (nSPS) is 14.1. The number of anilines is 1. The van der Waals surface area contributed by atoms with Gasteiger partial charge in [-0.15, -0.1) is 0 Å². The Bertz CT molecular complexity index is 709. The van der Waals surface area contributed by atoms with Crippen LogP contribution in [0.25, 0.3) is 5.82 Å². The lowest BCUT2D eigenvalue weighted by molar-refractivity contribution is 0.772. The Balaban J connectivity index is 1.47. The van der Waals surface area contributed by atoms with E-state index >= 15 is 0 Å². The van der Waals surface area contributed by atoms with Crippen molar-refractivity contribution in [3.8, 4) is 5.82 Å². The van der Waals surface area contributed by atoms with Gasteiger partial charge in [-0.2, -0.15) is 5.10 Å². The lowest BCUT2D eigenvalue weighted by Gasteiger charge is -2.13. The topological polar surface area (TPSA) is 55.6 Å². The van der Waals surface area contributed by atoms with E-state index in [0.717, 1.165) is 24.3 Å². The molecule has 0 aliphatic heterocycles. The predicted molar refractivity (Wildman–Crippen MR) is 80.4 cm³/mol. The van der Waals surface area contributed by atoms with Gasteiger partial charge in [-0.1, -0.05) is 24.3 Å². The molecule has 1 aliphatic carbocycles. The molecular formula is C16H15N5. The molecule has 1 N–H and O–H groups in total. The monoisotopic (exact) mass is 277 g/mol. The molecule has 21 heavy (non-hydrogen) atoms. The summed E-state index contributed by atoms with van der Waals surface area (Å²) in [6, 6.07) is 13.1.